The Kier molecular flexibility index (Phi) is 4.34. The first-order valence-electron chi connectivity index (χ1n) is 7.21. The largest absolute Gasteiger partial charge is 0.381 e. The van der Waals surface area contributed by atoms with Crippen LogP contribution in [0.2, 0.25) is 0 Å². The average molecular weight is 288 g/mol. The molecule has 108 valence electrons. The van der Waals surface area contributed by atoms with Crippen molar-refractivity contribution in [2.45, 2.75) is 45.6 Å². The summed E-state index contributed by atoms with van der Waals surface area (Å²) in [6, 6.07) is 11.2. The molecule has 20 heavy (non-hydrogen) atoms. The van der Waals surface area contributed by atoms with Crippen LogP contribution in [-0.2, 0) is 5.41 Å². The molecule has 0 radical (unpaired) electrons. The zero-order chi connectivity index (χ0) is 14.8. The molecule has 0 spiro atoms. The number of nitriles is 1. The molecule has 0 saturated carbocycles. The first-order valence-corrected chi connectivity index (χ1v) is 8.37. The SMILES string of the molecule is CC(C)(C#N)c1ccc(NC2CSCCC2(C)C)cc1. The molecule has 1 atom stereocenters. The number of thioether (sulfide) groups is 1. The molecule has 2 nitrogen and oxygen atoms in total. The van der Waals surface area contributed by atoms with Crippen molar-refractivity contribution in [2.75, 3.05) is 16.8 Å². The molecule has 1 N–H and O–H groups in total. The number of benzene rings is 1. The summed E-state index contributed by atoms with van der Waals surface area (Å²) in [5, 5.41) is 12.8. The van der Waals surface area contributed by atoms with Gasteiger partial charge in [-0.05, 0) is 49.1 Å². The molecule has 1 saturated heterocycles. The van der Waals surface area contributed by atoms with Crippen molar-refractivity contribution in [3.63, 3.8) is 0 Å². The quantitative estimate of drug-likeness (QED) is 0.893. The predicted molar refractivity (Wildman–Crippen MR) is 88.2 cm³/mol. The minimum Gasteiger partial charge on any atom is -0.381 e. The number of hydrogen-bond acceptors (Lipinski definition) is 3. The zero-order valence-corrected chi connectivity index (χ0v) is 13.7. The standard InChI is InChI=1S/C17H24N2S/c1-16(2)9-10-20-11-15(16)19-14-7-5-13(6-8-14)17(3,4)12-18/h5-8,15,19H,9-11H2,1-4H3. The Bertz CT molecular complexity index is 497. The van der Waals surface area contributed by atoms with Crippen molar-refractivity contribution >= 4 is 17.4 Å². The second kappa shape index (κ2) is 5.69. The third kappa shape index (κ3) is 3.30. The molecule has 0 aromatic heterocycles. The maximum Gasteiger partial charge on any atom is 0.0766 e. The van der Waals surface area contributed by atoms with Gasteiger partial charge in [0.25, 0.3) is 0 Å². The van der Waals surface area contributed by atoms with Gasteiger partial charge in [-0.3, -0.25) is 0 Å². The third-order valence-electron chi connectivity index (χ3n) is 4.35. The Balaban J connectivity index is 2.10. The van der Waals surface area contributed by atoms with Gasteiger partial charge in [-0.1, -0.05) is 26.0 Å². The Morgan fingerprint density at radius 1 is 1.30 bits per heavy atom. The Morgan fingerprint density at radius 2 is 1.95 bits per heavy atom. The smallest absolute Gasteiger partial charge is 0.0766 e. The molecule has 1 unspecified atom stereocenters. The van der Waals surface area contributed by atoms with E-state index in [9.17, 15) is 5.26 Å². The molecular weight excluding hydrogens is 264 g/mol. The lowest BCUT2D eigenvalue weighted by Gasteiger charge is -2.39. The summed E-state index contributed by atoms with van der Waals surface area (Å²) in [5.74, 6) is 2.43. The third-order valence-corrected chi connectivity index (χ3v) is 5.41. The molecule has 1 aromatic carbocycles. The van der Waals surface area contributed by atoms with Crippen molar-refractivity contribution < 1.29 is 0 Å². The van der Waals surface area contributed by atoms with E-state index < -0.39 is 5.41 Å². The van der Waals surface area contributed by atoms with Gasteiger partial charge in [-0.25, -0.2) is 0 Å². The summed E-state index contributed by atoms with van der Waals surface area (Å²) in [5.41, 5.74) is 2.15. The van der Waals surface area contributed by atoms with E-state index in [4.69, 9.17) is 0 Å². The van der Waals surface area contributed by atoms with E-state index in [1.54, 1.807) is 0 Å². The van der Waals surface area contributed by atoms with Crippen LogP contribution >= 0.6 is 11.8 Å². The zero-order valence-electron chi connectivity index (χ0n) is 12.9. The van der Waals surface area contributed by atoms with Gasteiger partial charge in [0.2, 0.25) is 0 Å². The lowest BCUT2D eigenvalue weighted by atomic mass is 9.82. The highest BCUT2D eigenvalue weighted by molar-refractivity contribution is 7.99. The van der Waals surface area contributed by atoms with E-state index in [1.807, 2.05) is 25.6 Å². The number of hydrogen-bond donors (Lipinski definition) is 1. The number of rotatable bonds is 3. The Labute approximate surface area is 127 Å². The van der Waals surface area contributed by atoms with Crippen LogP contribution in [0.15, 0.2) is 24.3 Å². The highest BCUT2D eigenvalue weighted by atomic mass is 32.2. The lowest BCUT2D eigenvalue weighted by Crippen LogP contribution is -2.41. The highest BCUT2D eigenvalue weighted by Crippen LogP contribution is 2.36. The van der Waals surface area contributed by atoms with Crippen LogP contribution in [0, 0.1) is 16.7 Å². The molecule has 1 fully saturated rings. The molecule has 3 heteroatoms. The molecule has 0 amide bonds. The number of anilines is 1. The first kappa shape index (κ1) is 15.3. The molecule has 0 aliphatic carbocycles. The van der Waals surface area contributed by atoms with E-state index in [0.717, 1.165) is 11.3 Å². The lowest BCUT2D eigenvalue weighted by molar-refractivity contribution is 0.305. The summed E-state index contributed by atoms with van der Waals surface area (Å²) in [4.78, 5) is 0. The van der Waals surface area contributed by atoms with Crippen molar-refractivity contribution in [3.8, 4) is 6.07 Å². The summed E-state index contributed by atoms with van der Waals surface area (Å²) in [6.45, 7) is 8.60. The van der Waals surface area contributed by atoms with Crippen LogP contribution in [0.5, 0.6) is 0 Å². The molecule has 2 rings (SSSR count). The van der Waals surface area contributed by atoms with Crippen molar-refractivity contribution in [3.05, 3.63) is 29.8 Å². The second-order valence-corrected chi connectivity index (χ2v) is 7.97. The molecule has 1 aliphatic heterocycles. The van der Waals surface area contributed by atoms with Gasteiger partial charge >= 0.3 is 0 Å². The Morgan fingerprint density at radius 3 is 2.50 bits per heavy atom. The Hall–Kier alpha value is -1.14. The van der Waals surface area contributed by atoms with Crippen LogP contribution in [0.3, 0.4) is 0 Å². The number of nitrogens with zero attached hydrogens (tertiary/aromatic N) is 1. The van der Waals surface area contributed by atoms with Gasteiger partial charge in [0, 0.05) is 17.5 Å². The summed E-state index contributed by atoms with van der Waals surface area (Å²) >= 11 is 2.03. The van der Waals surface area contributed by atoms with Crippen LogP contribution in [0.1, 0.15) is 39.7 Å². The normalized spacial score (nSPS) is 22.1. The topological polar surface area (TPSA) is 35.8 Å². The predicted octanol–water partition coefficient (Wildman–Crippen LogP) is 4.43. The van der Waals surface area contributed by atoms with E-state index in [1.165, 1.54) is 17.9 Å². The summed E-state index contributed by atoms with van der Waals surface area (Å²) in [6.07, 6.45) is 1.26. The highest BCUT2D eigenvalue weighted by Gasteiger charge is 2.32. The fourth-order valence-electron chi connectivity index (χ4n) is 2.42. The first-order chi connectivity index (χ1) is 9.35. The van der Waals surface area contributed by atoms with Crippen molar-refractivity contribution in [1.29, 1.82) is 5.26 Å². The molecule has 1 aromatic rings. The van der Waals surface area contributed by atoms with Gasteiger partial charge < -0.3 is 5.32 Å². The maximum atomic E-state index is 9.18. The monoisotopic (exact) mass is 288 g/mol. The average Bonchev–Trinajstić information content (AvgIpc) is 2.42. The van der Waals surface area contributed by atoms with E-state index in [-0.39, 0.29) is 0 Å². The number of nitrogens with one attached hydrogen (secondary N) is 1. The van der Waals surface area contributed by atoms with Crippen LogP contribution in [0.25, 0.3) is 0 Å². The minimum absolute atomic E-state index is 0.343. The van der Waals surface area contributed by atoms with Crippen LogP contribution in [-0.4, -0.2) is 17.5 Å². The minimum atomic E-state index is -0.418. The second-order valence-electron chi connectivity index (χ2n) is 6.82. The van der Waals surface area contributed by atoms with Gasteiger partial charge in [0.15, 0.2) is 0 Å². The van der Waals surface area contributed by atoms with Crippen molar-refractivity contribution in [2.24, 2.45) is 5.41 Å². The van der Waals surface area contributed by atoms with Crippen molar-refractivity contribution in [1.82, 2.24) is 0 Å². The molecule has 1 heterocycles. The van der Waals surface area contributed by atoms with Crippen LogP contribution < -0.4 is 5.32 Å². The molecular formula is C17H24N2S. The van der Waals surface area contributed by atoms with Gasteiger partial charge in [-0.2, -0.15) is 17.0 Å². The fraction of sp³-hybridized carbons (Fsp3) is 0.588. The van der Waals surface area contributed by atoms with Gasteiger partial charge in [0.1, 0.15) is 0 Å². The summed E-state index contributed by atoms with van der Waals surface area (Å²) < 4.78 is 0. The molecule has 1 aliphatic rings. The summed E-state index contributed by atoms with van der Waals surface area (Å²) in [7, 11) is 0. The maximum absolute atomic E-state index is 9.18. The van der Waals surface area contributed by atoms with Gasteiger partial charge in [0.05, 0.1) is 11.5 Å². The van der Waals surface area contributed by atoms with E-state index in [0.29, 0.717) is 11.5 Å². The van der Waals surface area contributed by atoms with E-state index >= 15 is 0 Å². The van der Waals surface area contributed by atoms with E-state index in [2.05, 4.69) is 49.5 Å². The van der Waals surface area contributed by atoms with Gasteiger partial charge in [-0.15, -0.1) is 0 Å². The van der Waals surface area contributed by atoms with Crippen LogP contribution in [0.4, 0.5) is 5.69 Å². The molecule has 0 bridgehead atoms. The fourth-order valence-corrected chi connectivity index (χ4v) is 4.03.